The van der Waals surface area contributed by atoms with Crippen molar-refractivity contribution in [1.29, 1.82) is 0 Å². The van der Waals surface area contributed by atoms with Gasteiger partial charge in [0.15, 0.2) is 11.8 Å². The number of nitrogens with one attached hydrogen (secondary N) is 2. The lowest BCUT2D eigenvalue weighted by Crippen LogP contribution is -2.36. The van der Waals surface area contributed by atoms with Gasteiger partial charge in [-0.1, -0.05) is 6.07 Å². The smallest absolute Gasteiger partial charge is 0.191 e. The van der Waals surface area contributed by atoms with Crippen LogP contribution in [0.5, 0.6) is 0 Å². The number of nitrogens with zero attached hydrogens (tertiary/aromatic N) is 4. The number of guanidine groups is 1. The number of hydrogen-bond acceptors (Lipinski definition) is 4. The summed E-state index contributed by atoms with van der Waals surface area (Å²) >= 11 is 1.79. The van der Waals surface area contributed by atoms with Crippen molar-refractivity contribution in [2.75, 3.05) is 7.05 Å². The first-order chi connectivity index (χ1) is 12.5. The summed E-state index contributed by atoms with van der Waals surface area (Å²) < 4.78 is 1.86. The molecule has 0 aliphatic rings. The van der Waals surface area contributed by atoms with Gasteiger partial charge in [0, 0.05) is 35.2 Å². The molecular formula is C19H25IN6S. The molecule has 0 saturated heterocycles. The van der Waals surface area contributed by atoms with Gasteiger partial charge >= 0.3 is 0 Å². The maximum atomic E-state index is 4.53. The second kappa shape index (κ2) is 9.84. The van der Waals surface area contributed by atoms with E-state index in [4.69, 9.17) is 0 Å². The third-order valence-electron chi connectivity index (χ3n) is 3.95. The second-order valence-corrected chi connectivity index (χ2v) is 7.53. The van der Waals surface area contributed by atoms with Gasteiger partial charge in [0.2, 0.25) is 0 Å². The molecule has 3 rings (SSSR count). The van der Waals surface area contributed by atoms with Crippen molar-refractivity contribution in [2.45, 2.75) is 33.9 Å². The third-order valence-corrected chi connectivity index (χ3v) is 4.95. The maximum Gasteiger partial charge on any atom is 0.191 e. The van der Waals surface area contributed by atoms with Crippen LogP contribution in [0, 0.1) is 20.8 Å². The molecule has 0 unspecified atom stereocenters. The van der Waals surface area contributed by atoms with Crippen LogP contribution in [0.15, 0.2) is 41.5 Å². The van der Waals surface area contributed by atoms with Crippen molar-refractivity contribution in [3.8, 4) is 5.82 Å². The van der Waals surface area contributed by atoms with E-state index < -0.39 is 0 Å². The summed E-state index contributed by atoms with van der Waals surface area (Å²) in [5.74, 6) is 1.61. The summed E-state index contributed by atoms with van der Waals surface area (Å²) in [6, 6.07) is 10.4. The Hall–Kier alpha value is -1.94. The predicted molar refractivity (Wildman–Crippen MR) is 122 cm³/mol. The van der Waals surface area contributed by atoms with Crippen molar-refractivity contribution >= 4 is 41.3 Å². The molecule has 27 heavy (non-hydrogen) atoms. The number of pyridine rings is 1. The largest absolute Gasteiger partial charge is 0.352 e. The molecule has 3 heterocycles. The highest BCUT2D eigenvalue weighted by Crippen LogP contribution is 2.14. The zero-order chi connectivity index (χ0) is 18.5. The van der Waals surface area contributed by atoms with Crippen LogP contribution in [0.3, 0.4) is 0 Å². The molecule has 0 saturated carbocycles. The lowest BCUT2D eigenvalue weighted by atomic mass is 10.3. The molecular weight excluding hydrogens is 471 g/mol. The van der Waals surface area contributed by atoms with Gasteiger partial charge in [-0.05, 0) is 50.6 Å². The van der Waals surface area contributed by atoms with Gasteiger partial charge in [-0.3, -0.25) is 4.99 Å². The van der Waals surface area contributed by atoms with Crippen LogP contribution in [-0.2, 0) is 13.1 Å². The highest BCUT2D eigenvalue weighted by molar-refractivity contribution is 14.0. The molecule has 144 valence electrons. The van der Waals surface area contributed by atoms with E-state index >= 15 is 0 Å². The normalized spacial score (nSPS) is 11.2. The molecule has 0 radical (unpaired) electrons. The SMILES string of the molecule is CN=C(NCc1ccc(-n2nc(C)cc2C)nc1)NCc1ccc(C)s1.I. The first kappa shape index (κ1) is 21.4. The highest BCUT2D eigenvalue weighted by Gasteiger charge is 2.05. The van der Waals surface area contributed by atoms with Crippen molar-refractivity contribution < 1.29 is 0 Å². The maximum absolute atomic E-state index is 4.53. The number of aryl methyl sites for hydroxylation is 3. The van der Waals surface area contributed by atoms with E-state index in [0.717, 1.165) is 35.3 Å². The Morgan fingerprint density at radius 3 is 2.44 bits per heavy atom. The first-order valence-electron chi connectivity index (χ1n) is 8.53. The van der Waals surface area contributed by atoms with Gasteiger partial charge in [-0.15, -0.1) is 35.3 Å². The van der Waals surface area contributed by atoms with Crippen LogP contribution in [0.2, 0.25) is 0 Å². The molecule has 8 heteroatoms. The zero-order valence-corrected chi connectivity index (χ0v) is 19.1. The number of rotatable bonds is 5. The summed E-state index contributed by atoms with van der Waals surface area (Å²) in [5, 5.41) is 11.1. The summed E-state index contributed by atoms with van der Waals surface area (Å²) in [5.41, 5.74) is 3.16. The molecule has 0 aliphatic heterocycles. The van der Waals surface area contributed by atoms with E-state index in [1.165, 1.54) is 9.75 Å². The fourth-order valence-electron chi connectivity index (χ4n) is 2.66. The molecule has 0 bridgehead atoms. The fraction of sp³-hybridized carbons (Fsp3) is 0.316. The Bertz CT molecular complexity index is 897. The van der Waals surface area contributed by atoms with Crippen LogP contribution < -0.4 is 10.6 Å². The number of hydrogen-bond donors (Lipinski definition) is 2. The van der Waals surface area contributed by atoms with Gasteiger partial charge in [-0.25, -0.2) is 9.67 Å². The molecule has 2 N–H and O–H groups in total. The average Bonchev–Trinajstić information content (AvgIpc) is 3.20. The number of halogens is 1. The topological polar surface area (TPSA) is 67.1 Å². The minimum Gasteiger partial charge on any atom is -0.352 e. The van der Waals surface area contributed by atoms with Crippen LogP contribution >= 0.6 is 35.3 Å². The predicted octanol–water partition coefficient (Wildman–Crippen LogP) is 3.74. The number of aliphatic imine (C=N–C) groups is 1. The van der Waals surface area contributed by atoms with Crippen molar-refractivity contribution in [3.63, 3.8) is 0 Å². The molecule has 0 aliphatic carbocycles. The third kappa shape index (κ3) is 5.77. The van der Waals surface area contributed by atoms with Crippen LogP contribution in [0.4, 0.5) is 0 Å². The minimum atomic E-state index is 0. The van der Waals surface area contributed by atoms with Crippen molar-refractivity contribution in [2.24, 2.45) is 4.99 Å². The monoisotopic (exact) mass is 496 g/mol. The van der Waals surface area contributed by atoms with E-state index in [9.17, 15) is 0 Å². The Labute approximate surface area is 181 Å². The molecule has 0 amide bonds. The van der Waals surface area contributed by atoms with E-state index in [-0.39, 0.29) is 24.0 Å². The second-order valence-electron chi connectivity index (χ2n) is 6.16. The summed E-state index contributed by atoms with van der Waals surface area (Å²) in [6.07, 6.45) is 1.87. The molecule has 3 aromatic heterocycles. The number of aromatic nitrogens is 3. The Morgan fingerprint density at radius 1 is 1.11 bits per heavy atom. The van der Waals surface area contributed by atoms with Gasteiger partial charge in [-0.2, -0.15) is 5.10 Å². The van der Waals surface area contributed by atoms with Gasteiger partial charge in [0.1, 0.15) is 0 Å². The standard InChI is InChI=1S/C19H24N6S.HI/c1-13-9-14(2)25(24-13)18-8-6-16(10-21-18)11-22-19(20-4)23-12-17-7-5-15(3)26-17;/h5-10H,11-12H2,1-4H3,(H2,20,22,23);1H. The summed E-state index contributed by atoms with van der Waals surface area (Å²) in [4.78, 5) is 11.4. The summed E-state index contributed by atoms with van der Waals surface area (Å²) in [6.45, 7) is 7.56. The highest BCUT2D eigenvalue weighted by atomic mass is 127. The Balaban J connectivity index is 0.00000261. The Kier molecular flexibility index (Phi) is 7.78. The van der Waals surface area contributed by atoms with Crippen LogP contribution in [0.1, 0.15) is 26.7 Å². The van der Waals surface area contributed by atoms with Crippen molar-refractivity contribution in [3.05, 3.63) is 63.2 Å². The summed E-state index contributed by atoms with van der Waals surface area (Å²) in [7, 11) is 1.78. The molecule has 0 fully saturated rings. The van der Waals surface area contributed by atoms with Gasteiger partial charge < -0.3 is 10.6 Å². The van der Waals surface area contributed by atoms with E-state index in [1.807, 2.05) is 36.9 Å². The first-order valence-corrected chi connectivity index (χ1v) is 9.35. The minimum absolute atomic E-state index is 0. The van der Waals surface area contributed by atoms with Gasteiger partial charge in [0.05, 0.1) is 12.2 Å². The molecule has 3 aromatic rings. The quantitative estimate of drug-likeness (QED) is 0.321. The van der Waals surface area contributed by atoms with Crippen molar-refractivity contribution in [1.82, 2.24) is 25.4 Å². The lowest BCUT2D eigenvalue weighted by molar-refractivity contribution is 0.792. The zero-order valence-electron chi connectivity index (χ0n) is 16.0. The van der Waals surface area contributed by atoms with Gasteiger partial charge in [0.25, 0.3) is 0 Å². The molecule has 0 atom stereocenters. The van der Waals surface area contributed by atoms with Crippen LogP contribution in [-0.4, -0.2) is 27.8 Å². The lowest BCUT2D eigenvalue weighted by Gasteiger charge is -2.11. The molecule has 0 aromatic carbocycles. The molecule has 6 nitrogen and oxygen atoms in total. The average molecular weight is 496 g/mol. The molecule has 0 spiro atoms. The Morgan fingerprint density at radius 2 is 1.89 bits per heavy atom. The van der Waals surface area contributed by atoms with Crippen LogP contribution in [0.25, 0.3) is 5.82 Å². The number of thiophene rings is 1. The van der Waals surface area contributed by atoms with E-state index in [1.54, 1.807) is 18.4 Å². The fourth-order valence-corrected chi connectivity index (χ4v) is 3.49. The van der Waals surface area contributed by atoms with E-state index in [0.29, 0.717) is 6.54 Å². The van der Waals surface area contributed by atoms with E-state index in [2.05, 4.69) is 50.8 Å².